The Kier molecular flexibility index (Phi) is 3.49. The van der Waals surface area contributed by atoms with Crippen LogP contribution < -0.4 is 9.47 Å². The first-order valence-electron chi connectivity index (χ1n) is 8.98. The molecule has 0 spiro atoms. The van der Waals surface area contributed by atoms with Gasteiger partial charge in [-0.1, -0.05) is 36.4 Å². The maximum Gasteiger partial charge on any atom is 0.308 e. The number of hydrogen-bond acceptors (Lipinski definition) is 4. The number of fused-ring (bicyclic) bond motifs is 7. The van der Waals surface area contributed by atoms with Gasteiger partial charge >= 0.3 is 5.97 Å². The Balaban J connectivity index is 1.90. The molecule has 4 heteroatoms. The van der Waals surface area contributed by atoms with Crippen LogP contribution in [0.15, 0.2) is 60.7 Å². The van der Waals surface area contributed by atoms with Crippen LogP contribution in [0.3, 0.4) is 0 Å². The third kappa shape index (κ3) is 2.24. The van der Waals surface area contributed by atoms with Crippen LogP contribution in [0.5, 0.6) is 11.5 Å². The zero-order valence-corrected chi connectivity index (χ0v) is 15.4. The van der Waals surface area contributed by atoms with Gasteiger partial charge in [-0.2, -0.15) is 0 Å². The lowest BCUT2D eigenvalue weighted by Gasteiger charge is -2.12. The Morgan fingerprint density at radius 1 is 0.821 bits per heavy atom. The second-order valence-corrected chi connectivity index (χ2v) is 6.84. The Labute approximate surface area is 161 Å². The van der Waals surface area contributed by atoms with Crippen molar-refractivity contribution in [1.82, 2.24) is 0 Å². The molecule has 1 aliphatic carbocycles. The van der Waals surface area contributed by atoms with Gasteiger partial charge in [0.25, 0.3) is 0 Å². The number of hydrogen-bond donors (Lipinski definition) is 0. The molecule has 4 aromatic carbocycles. The fourth-order valence-electron chi connectivity index (χ4n) is 4.07. The van der Waals surface area contributed by atoms with Crippen molar-refractivity contribution < 1.29 is 19.1 Å². The molecule has 0 unspecified atom stereocenters. The zero-order chi connectivity index (χ0) is 19.4. The van der Waals surface area contributed by atoms with Crippen molar-refractivity contribution >= 4 is 33.3 Å². The highest BCUT2D eigenvalue weighted by atomic mass is 16.5. The number of methoxy groups -OCH3 is 1. The molecule has 0 bridgehead atoms. The number of ether oxygens (including phenoxy) is 2. The van der Waals surface area contributed by atoms with E-state index in [0.29, 0.717) is 22.6 Å². The summed E-state index contributed by atoms with van der Waals surface area (Å²) in [6.07, 6.45) is 0. The Hall–Kier alpha value is -3.66. The van der Waals surface area contributed by atoms with E-state index in [-0.39, 0.29) is 5.78 Å². The van der Waals surface area contributed by atoms with Gasteiger partial charge in [0, 0.05) is 29.0 Å². The summed E-state index contributed by atoms with van der Waals surface area (Å²) in [5.41, 5.74) is 3.04. The van der Waals surface area contributed by atoms with Gasteiger partial charge in [-0.15, -0.1) is 0 Å². The summed E-state index contributed by atoms with van der Waals surface area (Å²) in [5, 5.41) is 3.55. The first-order valence-corrected chi connectivity index (χ1v) is 8.98. The van der Waals surface area contributed by atoms with Gasteiger partial charge < -0.3 is 9.47 Å². The molecule has 0 aromatic heterocycles. The standard InChI is InChI=1S/C24H16O4/c1-13(25)28-21-12-20-22(17-10-8-15(27-2)11-19(17)21)18-9-7-14-5-3-4-6-16(14)23(18)24(20)26/h3-12H,1-2H3. The number of carbonyl (C=O) groups is 2. The van der Waals surface area contributed by atoms with Crippen molar-refractivity contribution in [3.63, 3.8) is 0 Å². The molecule has 0 aliphatic heterocycles. The van der Waals surface area contributed by atoms with Gasteiger partial charge in [0.2, 0.25) is 0 Å². The van der Waals surface area contributed by atoms with E-state index in [0.717, 1.165) is 32.7 Å². The van der Waals surface area contributed by atoms with E-state index >= 15 is 0 Å². The summed E-state index contributed by atoms with van der Waals surface area (Å²) in [4.78, 5) is 25.0. The van der Waals surface area contributed by atoms with Crippen molar-refractivity contribution in [3.05, 3.63) is 71.8 Å². The average molecular weight is 368 g/mol. The lowest BCUT2D eigenvalue weighted by Crippen LogP contribution is -2.04. The highest BCUT2D eigenvalue weighted by molar-refractivity contribution is 6.31. The van der Waals surface area contributed by atoms with E-state index in [2.05, 4.69) is 0 Å². The minimum absolute atomic E-state index is 0.0482. The Bertz CT molecular complexity index is 1320. The third-order valence-electron chi connectivity index (χ3n) is 5.23. The highest BCUT2D eigenvalue weighted by Crippen LogP contribution is 2.47. The summed E-state index contributed by atoms with van der Waals surface area (Å²) < 4.78 is 10.8. The molecule has 0 radical (unpaired) electrons. The van der Waals surface area contributed by atoms with E-state index in [1.165, 1.54) is 6.92 Å². The Morgan fingerprint density at radius 2 is 1.64 bits per heavy atom. The molecule has 0 heterocycles. The van der Waals surface area contributed by atoms with Crippen molar-refractivity contribution in [2.75, 3.05) is 7.11 Å². The molecule has 136 valence electrons. The van der Waals surface area contributed by atoms with Crippen molar-refractivity contribution in [3.8, 4) is 22.6 Å². The van der Waals surface area contributed by atoms with Crippen LogP contribution in [0.2, 0.25) is 0 Å². The van der Waals surface area contributed by atoms with E-state index in [1.807, 2.05) is 54.6 Å². The van der Waals surface area contributed by atoms with E-state index in [9.17, 15) is 9.59 Å². The van der Waals surface area contributed by atoms with E-state index in [1.54, 1.807) is 13.2 Å². The van der Waals surface area contributed by atoms with Crippen LogP contribution in [-0.2, 0) is 4.79 Å². The summed E-state index contributed by atoms with van der Waals surface area (Å²) in [6.45, 7) is 1.35. The Morgan fingerprint density at radius 3 is 2.43 bits per heavy atom. The SMILES string of the molecule is COc1ccc2c3c(cc(OC(C)=O)c2c1)C(=O)c1c-3ccc2ccccc12. The molecule has 0 N–H and O–H groups in total. The second-order valence-electron chi connectivity index (χ2n) is 6.84. The van der Waals surface area contributed by atoms with Crippen LogP contribution in [0, 0.1) is 0 Å². The topological polar surface area (TPSA) is 52.6 Å². The highest BCUT2D eigenvalue weighted by Gasteiger charge is 2.31. The number of rotatable bonds is 2. The van der Waals surface area contributed by atoms with Gasteiger partial charge in [-0.25, -0.2) is 0 Å². The summed E-state index contributed by atoms with van der Waals surface area (Å²) >= 11 is 0. The predicted molar refractivity (Wildman–Crippen MR) is 108 cm³/mol. The molecule has 1 aliphatic rings. The van der Waals surface area contributed by atoms with Gasteiger partial charge in [0.1, 0.15) is 11.5 Å². The number of esters is 1. The van der Waals surface area contributed by atoms with Crippen LogP contribution in [0.4, 0.5) is 0 Å². The molecule has 28 heavy (non-hydrogen) atoms. The lowest BCUT2D eigenvalue weighted by molar-refractivity contribution is -0.131. The van der Waals surface area contributed by atoms with Gasteiger partial charge in [0.15, 0.2) is 5.78 Å². The molecule has 4 aromatic rings. The number of ketones is 1. The van der Waals surface area contributed by atoms with E-state index < -0.39 is 5.97 Å². The number of carbonyl (C=O) groups excluding carboxylic acids is 2. The van der Waals surface area contributed by atoms with Crippen molar-refractivity contribution in [2.45, 2.75) is 6.92 Å². The molecule has 0 fully saturated rings. The first-order chi connectivity index (χ1) is 13.6. The van der Waals surface area contributed by atoms with E-state index in [4.69, 9.17) is 9.47 Å². The quantitative estimate of drug-likeness (QED) is 0.320. The monoisotopic (exact) mass is 368 g/mol. The molecule has 0 atom stereocenters. The summed E-state index contributed by atoms with van der Waals surface area (Å²) in [5.74, 6) is 0.542. The average Bonchev–Trinajstić information content (AvgIpc) is 3.00. The van der Waals surface area contributed by atoms with Gasteiger partial charge in [-0.05, 0) is 46.0 Å². The largest absolute Gasteiger partial charge is 0.497 e. The minimum Gasteiger partial charge on any atom is -0.497 e. The molecule has 4 nitrogen and oxygen atoms in total. The maximum absolute atomic E-state index is 13.3. The third-order valence-corrected chi connectivity index (χ3v) is 5.23. The van der Waals surface area contributed by atoms with Crippen LogP contribution >= 0.6 is 0 Å². The molecule has 0 saturated heterocycles. The lowest BCUT2D eigenvalue weighted by atomic mass is 9.95. The fraction of sp³-hybridized carbons (Fsp3) is 0.0833. The maximum atomic E-state index is 13.3. The number of benzene rings is 4. The fourth-order valence-corrected chi connectivity index (χ4v) is 4.07. The zero-order valence-electron chi connectivity index (χ0n) is 15.4. The van der Waals surface area contributed by atoms with Crippen LogP contribution in [0.1, 0.15) is 22.8 Å². The van der Waals surface area contributed by atoms with Gasteiger partial charge in [0.05, 0.1) is 7.11 Å². The minimum atomic E-state index is -0.433. The van der Waals surface area contributed by atoms with Crippen LogP contribution in [-0.4, -0.2) is 18.9 Å². The first kappa shape index (κ1) is 16.5. The summed E-state index contributed by atoms with van der Waals surface area (Å²) in [7, 11) is 1.59. The molecule has 0 saturated carbocycles. The molecule has 0 amide bonds. The van der Waals surface area contributed by atoms with Crippen LogP contribution in [0.25, 0.3) is 32.7 Å². The molecular formula is C24H16O4. The smallest absolute Gasteiger partial charge is 0.308 e. The second kappa shape index (κ2) is 5.92. The summed E-state index contributed by atoms with van der Waals surface area (Å²) in [6, 6.07) is 19.2. The van der Waals surface area contributed by atoms with Gasteiger partial charge in [-0.3, -0.25) is 9.59 Å². The predicted octanol–water partition coefficient (Wildman–Crippen LogP) is 5.14. The normalized spacial score (nSPS) is 12.1. The molecular weight excluding hydrogens is 352 g/mol. The van der Waals surface area contributed by atoms with Crippen molar-refractivity contribution in [2.24, 2.45) is 0 Å². The molecule has 5 rings (SSSR count). The van der Waals surface area contributed by atoms with Crippen molar-refractivity contribution in [1.29, 1.82) is 0 Å².